The third-order valence-electron chi connectivity index (χ3n) is 6.96. The van der Waals surface area contributed by atoms with Crippen molar-refractivity contribution in [1.29, 1.82) is 0 Å². The molecule has 2 aliphatic rings. The second-order valence-electron chi connectivity index (χ2n) is 9.80. The van der Waals surface area contributed by atoms with Crippen LogP contribution in [0.4, 0.5) is 0 Å². The van der Waals surface area contributed by atoms with Crippen LogP contribution in [0.25, 0.3) is 33.9 Å². The van der Waals surface area contributed by atoms with Crippen molar-refractivity contribution in [2.24, 2.45) is 5.73 Å². The maximum Gasteiger partial charge on any atom is 0.335 e. The number of fused-ring (bicyclic) bond motifs is 3. The molecule has 176 valence electrons. The van der Waals surface area contributed by atoms with E-state index in [4.69, 9.17) is 15.5 Å². The number of benzene rings is 3. The van der Waals surface area contributed by atoms with Crippen LogP contribution < -0.4 is 10.5 Å². The van der Waals surface area contributed by atoms with E-state index < -0.39 is 17.1 Å². The Hall–Kier alpha value is -3.94. The van der Waals surface area contributed by atoms with Gasteiger partial charge in [-0.1, -0.05) is 54.6 Å². The van der Waals surface area contributed by atoms with Crippen LogP contribution in [0.5, 0.6) is 5.75 Å². The minimum Gasteiger partial charge on any atom is -0.478 e. The van der Waals surface area contributed by atoms with Gasteiger partial charge >= 0.3 is 5.97 Å². The molecule has 0 amide bonds. The zero-order chi connectivity index (χ0) is 24.4. The van der Waals surface area contributed by atoms with E-state index in [9.17, 15) is 15.0 Å². The first-order valence-corrected chi connectivity index (χ1v) is 11.5. The van der Waals surface area contributed by atoms with Gasteiger partial charge in [-0.2, -0.15) is 0 Å². The fraction of sp³-hybridized carbons (Fsp3) is 0.214. The number of aromatic nitrogens is 2. The Kier molecular flexibility index (Phi) is 4.64. The number of aromatic carboxylic acids is 1. The van der Waals surface area contributed by atoms with Crippen LogP contribution in [-0.2, 0) is 12.3 Å². The number of aliphatic hydroxyl groups is 1. The van der Waals surface area contributed by atoms with Crippen molar-refractivity contribution in [3.05, 3.63) is 83.9 Å². The summed E-state index contributed by atoms with van der Waals surface area (Å²) in [5.41, 5.74) is 10.7. The molecule has 6 rings (SSSR count). The molecular weight excluding hydrogens is 442 g/mol. The number of carboxylic acid groups (broad SMARTS) is 1. The van der Waals surface area contributed by atoms with Crippen LogP contribution in [0.2, 0.25) is 0 Å². The first-order chi connectivity index (χ1) is 16.7. The first kappa shape index (κ1) is 21.6. The van der Waals surface area contributed by atoms with Gasteiger partial charge in [0.1, 0.15) is 11.6 Å². The number of ether oxygens (including phenoxy) is 1. The molecule has 35 heavy (non-hydrogen) atoms. The molecule has 1 aliphatic heterocycles. The van der Waals surface area contributed by atoms with Gasteiger partial charge in [-0.25, -0.2) is 9.78 Å². The second-order valence-corrected chi connectivity index (χ2v) is 9.80. The predicted octanol–water partition coefficient (Wildman–Crippen LogP) is 4.63. The van der Waals surface area contributed by atoms with Crippen LogP contribution in [0.15, 0.2) is 72.8 Å². The Morgan fingerprint density at radius 1 is 1.03 bits per heavy atom. The molecule has 0 atom stereocenters. The van der Waals surface area contributed by atoms with Crippen molar-refractivity contribution in [2.45, 2.75) is 37.6 Å². The molecule has 7 nitrogen and oxygen atoms in total. The van der Waals surface area contributed by atoms with E-state index in [2.05, 4.69) is 0 Å². The van der Waals surface area contributed by atoms with Gasteiger partial charge in [-0.05, 0) is 43.5 Å². The number of carbonyl (C=O) groups is 1. The van der Waals surface area contributed by atoms with Crippen LogP contribution in [0, 0.1) is 0 Å². The first-order valence-electron chi connectivity index (χ1n) is 11.5. The molecule has 0 unspecified atom stereocenters. The van der Waals surface area contributed by atoms with Crippen molar-refractivity contribution < 1.29 is 19.7 Å². The summed E-state index contributed by atoms with van der Waals surface area (Å²) in [6.07, 6.45) is 1.04. The Bertz CT molecular complexity index is 1450. The minimum absolute atomic E-state index is 0.181. The Labute approximate surface area is 202 Å². The lowest BCUT2D eigenvalue weighted by atomic mass is 9.63. The smallest absolute Gasteiger partial charge is 0.335 e. The van der Waals surface area contributed by atoms with Gasteiger partial charge in [0.25, 0.3) is 0 Å². The summed E-state index contributed by atoms with van der Waals surface area (Å²) >= 11 is 0. The molecule has 1 saturated carbocycles. The summed E-state index contributed by atoms with van der Waals surface area (Å²) in [5.74, 6) is 0.273. The largest absolute Gasteiger partial charge is 0.478 e. The van der Waals surface area contributed by atoms with Crippen LogP contribution in [0.1, 0.15) is 35.7 Å². The molecule has 3 aromatic carbocycles. The Balaban J connectivity index is 1.49. The molecule has 2 heterocycles. The zero-order valence-electron chi connectivity index (χ0n) is 19.2. The Morgan fingerprint density at radius 3 is 2.40 bits per heavy atom. The van der Waals surface area contributed by atoms with Crippen molar-refractivity contribution in [3.8, 4) is 39.7 Å². The number of imidazole rings is 1. The van der Waals surface area contributed by atoms with E-state index in [-0.39, 0.29) is 12.3 Å². The number of hydrogen-bond donors (Lipinski definition) is 3. The molecular formula is C28H25N3O4. The third kappa shape index (κ3) is 3.51. The highest BCUT2D eigenvalue weighted by atomic mass is 16.5. The number of rotatable bonds is 4. The van der Waals surface area contributed by atoms with Crippen molar-refractivity contribution in [2.75, 3.05) is 0 Å². The monoisotopic (exact) mass is 467 g/mol. The molecule has 4 aromatic rings. The zero-order valence-corrected chi connectivity index (χ0v) is 19.2. The van der Waals surface area contributed by atoms with Crippen molar-refractivity contribution in [1.82, 2.24) is 9.55 Å². The van der Waals surface area contributed by atoms with E-state index in [1.54, 1.807) is 12.1 Å². The molecule has 0 bridgehead atoms. The van der Waals surface area contributed by atoms with Gasteiger partial charge < -0.3 is 20.7 Å². The van der Waals surface area contributed by atoms with E-state index in [1.807, 2.05) is 66.1 Å². The summed E-state index contributed by atoms with van der Waals surface area (Å²) in [4.78, 5) is 16.6. The van der Waals surface area contributed by atoms with E-state index >= 15 is 0 Å². The maximum absolute atomic E-state index is 11.6. The minimum atomic E-state index is -0.999. The van der Waals surface area contributed by atoms with Gasteiger partial charge in [0.05, 0.1) is 28.1 Å². The molecule has 1 aromatic heterocycles. The molecule has 0 radical (unpaired) electrons. The van der Waals surface area contributed by atoms with Gasteiger partial charge in [0, 0.05) is 16.7 Å². The average Bonchev–Trinajstić information content (AvgIpc) is 3.23. The fourth-order valence-corrected chi connectivity index (χ4v) is 5.44. The lowest BCUT2D eigenvalue weighted by Gasteiger charge is -2.49. The summed E-state index contributed by atoms with van der Waals surface area (Å²) in [7, 11) is 0. The maximum atomic E-state index is 11.6. The predicted molar refractivity (Wildman–Crippen MR) is 132 cm³/mol. The van der Waals surface area contributed by atoms with E-state index in [0.29, 0.717) is 30.0 Å². The van der Waals surface area contributed by atoms with Gasteiger partial charge in [0.15, 0.2) is 6.73 Å². The van der Waals surface area contributed by atoms with Gasteiger partial charge in [-0.3, -0.25) is 4.57 Å². The molecule has 1 fully saturated rings. The van der Waals surface area contributed by atoms with Crippen molar-refractivity contribution >= 4 is 5.97 Å². The topological polar surface area (TPSA) is 111 Å². The number of nitrogens with two attached hydrogens (primary N) is 1. The highest BCUT2D eigenvalue weighted by Gasteiger charge is 2.49. The highest BCUT2D eigenvalue weighted by Crippen LogP contribution is 2.47. The Morgan fingerprint density at radius 2 is 1.74 bits per heavy atom. The van der Waals surface area contributed by atoms with Gasteiger partial charge in [-0.15, -0.1) is 0 Å². The number of nitrogens with zero attached hydrogens (tertiary/aromatic N) is 2. The lowest BCUT2D eigenvalue weighted by Crippen LogP contribution is -2.58. The summed E-state index contributed by atoms with van der Waals surface area (Å²) in [5, 5.41) is 19.7. The second kappa shape index (κ2) is 7.53. The standard InChI is InChI=1S/C28H25N3O4/c1-27(34)14-28(29,15-27)20-10-7-17(8-11-20)23-24(18-5-3-2-4-6-18)31-16-35-22-12-9-19(26(32)33)13-21(22)25(31)30-23/h2-13,34H,14-16,29H2,1H3,(H,32,33). The molecule has 4 N–H and O–H groups in total. The SMILES string of the molecule is CC1(O)CC(N)(c2ccc(-c3nc4n(c3-c3ccccc3)COc3ccc(C(=O)O)cc3-4)cc2)C1. The van der Waals surface area contributed by atoms with Crippen LogP contribution in [-0.4, -0.2) is 31.3 Å². The molecule has 1 aliphatic carbocycles. The molecule has 0 spiro atoms. The quantitative estimate of drug-likeness (QED) is 0.404. The van der Waals surface area contributed by atoms with E-state index in [0.717, 1.165) is 28.1 Å². The summed E-state index contributed by atoms with van der Waals surface area (Å²) in [6, 6.07) is 22.8. The molecule has 0 saturated heterocycles. The molecule has 7 heteroatoms. The third-order valence-corrected chi connectivity index (χ3v) is 6.96. The summed E-state index contributed by atoms with van der Waals surface area (Å²) < 4.78 is 7.98. The normalized spacial score (nSPS) is 22.5. The summed E-state index contributed by atoms with van der Waals surface area (Å²) in [6.45, 7) is 2.08. The fourth-order valence-electron chi connectivity index (χ4n) is 5.44. The van der Waals surface area contributed by atoms with Crippen LogP contribution in [0.3, 0.4) is 0 Å². The van der Waals surface area contributed by atoms with Crippen LogP contribution >= 0.6 is 0 Å². The van der Waals surface area contributed by atoms with E-state index in [1.165, 1.54) is 6.07 Å². The highest BCUT2D eigenvalue weighted by molar-refractivity contribution is 5.91. The number of carboxylic acids is 1. The van der Waals surface area contributed by atoms with Gasteiger partial charge in [0.2, 0.25) is 0 Å². The lowest BCUT2D eigenvalue weighted by molar-refractivity contribution is -0.0738. The number of hydrogen-bond acceptors (Lipinski definition) is 5. The average molecular weight is 468 g/mol. The van der Waals surface area contributed by atoms with Crippen molar-refractivity contribution in [3.63, 3.8) is 0 Å².